The van der Waals surface area contributed by atoms with Crippen LogP contribution >= 0.6 is 0 Å². The quantitative estimate of drug-likeness (QED) is 0.456. The summed E-state index contributed by atoms with van der Waals surface area (Å²) in [6.07, 6.45) is 2.10. The molecule has 0 fully saturated rings. The molecule has 0 spiro atoms. The molecule has 1 unspecified atom stereocenters. The number of halogens is 1. The fraction of sp³-hybridized carbons (Fsp3) is 0.0833. The van der Waals surface area contributed by atoms with Crippen LogP contribution in [-0.2, 0) is 0 Å². The molecule has 8 heteroatoms. The summed E-state index contributed by atoms with van der Waals surface area (Å²) in [5.41, 5.74) is 2.67. The Balaban J connectivity index is 1.65. The lowest BCUT2D eigenvalue weighted by Crippen LogP contribution is -2.18. The van der Waals surface area contributed by atoms with Gasteiger partial charge in [-0.1, -0.05) is 18.2 Å². The van der Waals surface area contributed by atoms with E-state index in [2.05, 4.69) is 20.2 Å². The van der Waals surface area contributed by atoms with Crippen LogP contribution in [0.5, 0.6) is 0 Å². The molecule has 0 radical (unpaired) electrons. The van der Waals surface area contributed by atoms with Crippen LogP contribution in [0.25, 0.3) is 10.5 Å². The third kappa shape index (κ3) is 4.24. The topological polar surface area (TPSA) is 84.4 Å². The second-order valence-electron chi connectivity index (χ2n) is 7.09. The molecule has 32 heavy (non-hydrogen) atoms. The molecule has 0 aliphatic rings. The number of aromatic nitrogens is 3. The van der Waals surface area contributed by atoms with Crippen LogP contribution in [0, 0.1) is 19.3 Å². The van der Waals surface area contributed by atoms with Crippen molar-refractivity contribution in [1.82, 2.24) is 14.8 Å². The molecule has 2 aromatic heterocycles. The molecule has 1 atom stereocenters. The number of aliphatic hydroxyl groups is 1. The normalized spacial score (nSPS) is 11.6. The van der Waals surface area contributed by atoms with Crippen LogP contribution in [0.15, 0.2) is 73.1 Å². The molecule has 1 amide bonds. The number of carbonyl (C=O) groups excluding carboxylic acids is 1. The van der Waals surface area contributed by atoms with Gasteiger partial charge in [0.2, 0.25) is 0 Å². The maximum atomic E-state index is 14.5. The number of hydrogen-bond donors (Lipinski definition) is 2. The number of pyridine rings is 1. The molecule has 0 aliphatic heterocycles. The van der Waals surface area contributed by atoms with Gasteiger partial charge in [-0.15, -0.1) is 0 Å². The van der Waals surface area contributed by atoms with Gasteiger partial charge in [-0.3, -0.25) is 9.78 Å². The molecule has 0 aliphatic carbocycles. The zero-order valence-electron chi connectivity index (χ0n) is 17.0. The highest BCUT2D eigenvalue weighted by atomic mass is 19.1. The molecule has 4 rings (SSSR count). The first-order valence-corrected chi connectivity index (χ1v) is 9.69. The Morgan fingerprint density at radius 1 is 1.12 bits per heavy atom. The Morgan fingerprint density at radius 3 is 2.66 bits per heavy atom. The summed E-state index contributed by atoms with van der Waals surface area (Å²) >= 11 is 0. The highest BCUT2D eigenvalue weighted by molar-refractivity contribution is 6.03. The van der Waals surface area contributed by atoms with E-state index in [0.29, 0.717) is 28.2 Å². The maximum absolute atomic E-state index is 14.5. The van der Waals surface area contributed by atoms with Crippen molar-refractivity contribution in [2.75, 3.05) is 5.32 Å². The number of carbonyl (C=O) groups is 1. The molecule has 158 valence electrons. The lowest BCUT2D eigenvalue weighted by molar-refractivity contribution is 0.101. The van der Waals surface area contributed by atoms with E-state index in [-0.39, 0.29) is 11.4 Å². The molecular weight excluding hydrogens is 409 g/mol. The van der Waals surface area contributed by atoms with Crippen molar-refractivity contribution < 1.29 is 14.3 Å². The van der Waals surface area contributed by atoms with E-state index in [0.717, 1.165) is 0 Å². The number of amides is 1. The fourth-order valence-corrected chi connectivity index (χ4v) is 3.29. The summed E-state index contributed by atoms with van der Waals surface area (Å²) < 4.78 is 15.9. The van der Waals surface area contributed by atoms with Gasteiger partial charge in [0.1, 0.15) is 17.6 Å². The Kier molecular flexibility index (Phi) is 5.75. The van der Waals surface area contributed by atoms with Crippen molar-refractivity contribution in [3.8, 4) is 5.69 Å². The van der Waals surface area contributed by atoms with Crippen LogP contribution in [0.2, 0.25) is 0 Å². The van der Waals surface area contributed by atoms with Crippen molar-refractivity contribution in [3.63, 3.8) is 0 Å². The minimum absolute atomic E-state index is 0.0686. The molecule has 2 N–H and O–H groups in total. The average molecular weight is 427 g/mol. The number of rotatable bonds is 5. The van der Waals surface area contributed by atoms with Crippen molar-refractivity contribution in [2.45, 2.75) is 13.0 Å². The summed E-state index contributed by atoms with van der Waals surface area (Å²) in [4.78, 5) is 20.3. The lowest BCUT2D eigenvalue weighted by atomic mass is 10.0. The number of aryl methyl sites for hydroxylation is 1. The first-order valence-electron chi connectivity index (χ1n) is 9.69. The van der Waals surface area contributed by atoms with Gasteiger partial charge in [-0.05, 0) is 60.5 Å². The predicted molar refractivity (Wildman–Crippen MR) is 117 cm³/mol. The third-order valence-corrected chi connectivity index (χ3v) is 4.84. The van der Waals surface area contributed by atoms with Gasteiger partial charge in [0.05, 0.1) is 23.6 Å². The lowest BCUT2D eigenvalue weighted by Gasteiger charge is -2.14. The fourth-order valence-electron chi connectivity index (χ4n) is 3.29. The summed E-state index contributed by atoms with van der Waals surface area (Å²) in [6, 6.07) is 15.6. The van der Waals surface area contributed by atoms with Gasteiger partial charge in [0, 0.05) is 12.4 Å². The average Bonchev–Trinajstić information content (AvgIpc) is 3.22. The summed E-state index contributed by atoms with van der Waals surface area (Å²) in [5, 5.41) is 17.5. The van der Waals surface area contributed by atoms with Gasteiger partial charge in [0.25, 0.3) is 5.91 Å². The Labute approximate surface area is 183 Å². The van der Waals surface area contributed by atoms with E-state index >= 15 is 0 Å². The minimum atomic E-state index is -1.00. The molecular formula is C24H18FN5O2. The zero-order valence-corrected chi connectivity index (χ0v) is 17.0. The highest BCUT2D eigenvalue weighted by Gasteiger charge is 2.19. The van der Waals surface area contributed by atoms with Gasteiger partial charge in [-0.2, -0.15) is 5.10 Å². The first kappa shape index (κ1) is 20.9. The maximum Gasteiger partial charge on any atom is 0.274 e. The van der Waals surface area contributed by atoms with Crippen molar-refractivity contribution in [3.05, 3.63) is 113 Å². The van der Waals surface area contributed by atoms with Gasteiger partial charge < -0.3 is 10.4 Å². The van der Waals surface area contributed by atoms with E-state index in [4.69, 9.17) is 6.57 Å². The molecule has 0 saturated carbocycles. The SMILES string of the molecule is [C-]#[N+]c1cccc(-n2nc(C)cc2C(=O)Nc2cc(C(O)c3ccncc3)ccc2F)c1. The number of benzene rings is 2. The summed E-state index contributed by atoms with van der Waals surface area (Å²) in [5.74, 6) is -1.21. The third-order valence-electron chi connectivity index (χ3n) is 4.84. The summed E-state index contributed by atoms with van der Waals surface area (Å²) in [6.45, 7) is 8.92. The number of hydrogen-bond acceptors (Lipinski definition) is 4. The van der Waals surface area contributed by atoms with Gasteiger partial charge >= 0.3 is 0 Å². The Morgan fingerprint density at radius 2 is 1.91 bits per heavy atom. The first-order chi connectivity index (χ1) is 15.5. The second-order valence-corrected chi connectivity index (χ2v) is 7.09. The van der Waals surface area contributed by atoms with Gasteiger partial charge in [-0.25, -0.2) is 13.9 Å². The Bertz CT molecular complexity index is 1330. The zero-order chi connectivity index (χ0) is 22.7. The molecule has 7 nitrogen and oxygen atoms in total. The number of nitrogens with zero attached hydrogens (tertiary/aromatic N) is 4. The molecule has 2 heterocycles. The van der Waals surface area contributed by atoms with Crippen LogP contribution in [0.1, 0.15) is 33.4 Å². The molecule has 2 aromatic carbocycles. The minimum Gasteiger partial charge on any atom is -0.384 e. The van der Waals surface area contributed by atoms with Gasteiger partial charge in [0.15, 0.2) is 5.69 Å². The van der Waals surface area contributed by atoms with E-state index in [9.17, 15) is 14.3 Å². The van der Waals surface area contributed by atoms with Crippen LogP contribution < -0.4 is 5.32 Å². The van der Waals surface area contributed by atoms with Crippen LogP contribution in [0.4, 0.5) is 15.8 Å². The van der Waals surface area contributed by atoms with E-state index < -0.39 is 17.8 Å². The summed E-state index contributed by atoms with van der Waals surface area (Å²) in [7, 11) is 0. The molecule has 0 bridgehead atoms. The number of nitrogens with one attached hydrogen (secondary N) is 1. The van der Waals surface area contributed by atoms with E-state index in [1.807, 2.05) is 0 Å². The standard InChI is InChI=1S/C24H18FN5O2/c1-15-12-22(30(29-15)19-5-3-4-18(14-19)26-2)24(32)28-21-13-17(6-7-20(21)25)23(31)16-8-10-27-11-9-16/h3-14,23,31H,1H3,(H,28,32). The highest BCUT2D eigenvalue weighted by Crippen LogP contribution is 2.26. The van der Waals surface area contributed by atoms with Crippen molar-refractivity contribution in [1.29, 1.82) is 0 Å². The van der Waals surface area contributed by atoms with Crippen LogP contribution in [0.3, 0.4) is 0 Å². The smallest absolute Gasteiger partial charge is 0.274 e. The van der Waals surface area contributed by atoms with Crippen molar-refractivity contribution in [2.24, 2.45) is 0 Å². The molecule has 4 aromatic rings. The second kappa shape index (κ2) is 8.79. The Hall–Kier alpha value is -4.35. The van der Waals surface area contributed by atoms with Crippen LogP contribution in [-0.4, -0.2) is 25.8 Å². The predicted octanol–water partition coefficient (Wildman–Crippen LogP) is 4.60. The van der Waals surface area contributed by atoms with E-state index in [1.54, 1.807) is 61.8 Å². The molecule has 0 saturated heterocycles. The largest absolute Gasteiger partial charge is 0.384 e. The number of anilines is 1. The van der Waals surface area contributed by atoms with E-state index in [1.165, 1.54) is 22.9 Å². The van der Waals surface area contributed by atoms with Crippen molar-refractivity contribution >= 4 is 17.3 Å². The monoisotopic (exact) mass is 427 g/mol. The number of aliphatic hydroxyl groups excluding tert-OH is 1.